The summed E-state index contributed by atoms with van der Waals surface area (Å²) in [5.41, 5.74) is -1.54. The van der Waals surface area contributed by atoms with Gasteiger partial charge in [0.1, 0.15) is 0 Å². The summed E-state index contributed by atoms with van der Waals surface area (Å²) in [6.45, 7) is -2.82. The number of phosphoric acid groups is 2. The average molecular weight is 324 g/mol. The van der Waals surface area contributed by atoms with E-state index in [1.165, 1.54) is 0 Å². The van der Waals surface area contributed by atoms with Gasteiger partial charge >= 0.3 is 15.6 Å². The molecule has 0 aliphatic rings. The molecule has 4 N–H and O–H groups in total. The maximum absolute atomic E-state index is 11.5. The van der Waals surface area contributed by atoms with Crippen LogP contribution >= 0.6 is 15.6 Å². The summed E-state index contributed by atoms with van der Waals surface area (Å²) in [5.74, 6) is 0. The quantitative estimate of drug-likeness (QED) is 0.386. The molecule has 0 bridgehead atoms. The van der Waals surface area contributed by atoms with E-state index >= 15 is 0 Å². The lowest BCUT2D eigenvalue weighted by Gasteiger charge is -2.27. The smallest absolute Gasteiger partial charge is 0.396 e. The Labute approximate surface area is 110 Å². The minimum Gasteiger partial charge on any atom is -0.396 e. The first-order valence-corrected chi connectivity index (χ1v) is 7.90. The van der Waals surface area contributed by atoms with E-state index in [4.69, 9.17) is 15.3 Å². The van der Waals surface area contributed by atoms with E-state index in [2.05, 4.69) is 17.9 Å². The van der Waals surface area contributed by atoms with Gasteiger partial charge in [0.05, 0.1) is 31.8 Å². The van der Waals surface area contributed by atoms with E-state index in [1.54, 1.807) is 0 Å². The van der Waals surface area contributed by atoms with Crippen molar-refractivity contribution in [2.45, 2.75) is 0 Å². The van der Waals surface area contributed by atoms with E-state index in [9.17, 15) is 14.0 Å². The Kier molecular flexibility index (Phi) is 7.86. The van der Waals surface area contributed by atoms with Crippen molar-refractivity contribution in [3.8, 4) is 0 Å². The van der Waals surface area contributed by atoms with Crippen LogP contribution in [0.1, 0.15) is 0 Å². The SMILES string of the molecule is COP(=O)(OC)OP(=O)(O)OCC(CO)(CO)CO. The Morgan fingerprint density at radius 1 is 1.00 bits per heavy atom. The fourth-order valence-corrected chi connectivity index (χ4v) is 3.12. The van der Waals surface area contributed by atoms with Gasteiger partial charge in [0.15, 0.2) is 0 Å². The standard InChI is InChI=1S/C7H18O10P2/c1-14-19(13,15-2)17-18(11,12)16-6-7(3-8,4-9)5-10/h8-10H,3-6H2,1-2H3,(H,11,12). The molecule has 0 aromatic rings. The minimum absolute atomic E-state index is 0.702. The molecule has 0 aliphatic carbocycles. The summed E-state index contributed by atoms with van der Waals surface area (Å²) in [4.78, 5) is 9.30. The first-order chi connectivity index (χ1) is 8.72. The molecule has 1 unspecified atom stereocenters. The van der Waals surface area contributed by atoms with Crippen LogP contribution in [0.4, 0.5) is 0 Å². The van der Waals surface area contributed by atoms with E-state index in [0.29, 0.717) is 0 Å². The van der Waals surface area contributed by atoms with Crippen molar-refractivity contribution >= 4 is 15.6 Å². The van der Waals surface area contributed by atoms with Gasteiger partial charge in [-0.3, -0.25) is 13.6 Å². The zero-order chi connectivity index (χ0) is 15.2. The van der Waals surface area contributed by atoms with Crippen molar-refractivity contribution in [2.75, 3.05) is 40.6 Å². The molecule has 0 fully saturated rings. The van der Waals surface area contributed by atoms with Gasteiger partial charge in [-0.25, -0.2) is 9.13 Å². The summed E-state index contributed by atoms with van der Waals surface area (Å²) in [7, 11) is -7.20. The number of phosphoric ester groups is 2. The Balaban J connectivity index is 4.71. The lowest BCUT2D eigenvalue weighted by molar-refractivity contribution is -0.0318. The normalized spacial score (nSPS) is 16.3. The van der Waals surface area contributed by atoms with Gasteiger partial charge in [0.2, 0.25) is 0 Å². The molecule has 0 spiro atoms. The second-order valence-electron chi connectivity index (χ2n) is 3.61. The van der Waals surface area contributed by atoms with Crippen molar-refractivity contribution in [3.05, 3.63) is 0 Å². The van der Waals surface area contributed by atoms with Crippen molar-refractivity contribution in [3.63, 3.8) is 0 Å². The summed E-state index contributed by atoms with van der Waals surface area (Å²) in [5, 5.41) is 26.9. The zero-order valence-corrected chi connectivity index (χ0v) is 12.3. The Bertz CT molecular complexity index is 338. The third-order valence-corrected chi connectivity index (χ3v) is 5.17. The van der Waals surface area contributed by atoms with Crippen LogP contribution in [0.2, 0.25) is 0 Å². The van der Waals surface area contributed by atoms with Gasteiger partial charge in [-0.15, -0.1) is 0 Å². The van der Waals surface area contributed by atoms with Crippen LogP contribution < -0.4 is 0 Å². The highest BCUT2D eigenvalue weighted by Crippen LogP contribution is 2.62. The predicted octanol–water partition coefficient (Wildman–Crippen LogP) is -0.516. The number of hydrogen-bond acceptors (Lipinski definition) is 9. The van der Waals surface area contributed by atoms with Crippen LogP contribution in [0.25, 0.3) is 0 Å². The molecule has 116 valence electrons. The molecule has 0 aliphatic heterocycles. The highest BCUT2D eigenvalue weighted by molar-refractivity contribution is 7.61. The van der Waals surface area contributed by atoms with Gasteiger partial charge < -0.3 is 20.2 Å². The second kappa shape index (κ2) is 7.80. The molecule has 0 amide bonds. The van der Waals surface area contributed by atoms with Crippen molar-refractivity contribution in [1.82, 2.24) is 0 Å². The van der Waals surface area contributed by atoms with Crippen molar-refractivity contribution < 1.29 is 47.2 Å². The van der Waals surface area contributed by atoms with Gasteiger partial charge in [-0.2, -0.15) is 4.31 Å². The van der Waals surface area contributed by atoms with E-state index in [1.807, 2.05) is 0 Å². The summed E-state index contributed by atoms with van der Waals surface area (Å²) in [6.07, 6.45) is 0. The molecule has 1 atom stereocenters. The lowest BCUT2D eigenvalue weighted by Crippen LogP contribution is -2.38. The third kappa shape index (κ3) is 5.97. The highest BCUT2D eigenvalue weighted by atomic mass is 31.3. The molecule has 0 rings (SSSR count). The minimum atomic E-state index is -4.83. The Hall–Kier alpha value is 0.140. The monoisotopic (exact) mass is 324 g/mol. The van der Waals surface area contributed by atoms with E-state index < -0.39 is 47.5 Å². The predicted molar refractivity (Wildman–Crippen MR) is 62.2 cm³/mol. The summed E-state index contributed by atoms with van der Waals surface area (Å²) in [6, 6.07) is 0. The second-order valence-corrected chi connectivity index (χ2v) is 7.08. The average Bonchev–Trinajstić information content (AvgIpc) is 2.40. The molecule has 19 heavy (non-hydrogen) atoms. The first-order valence-electron chi connectivity index (χ1n) is 4.95. The van der Waals surface area contributed by atoms with Gasteiger partial charge in [-0.05, 0) is 0 Å². The molecule has 10 nitrogen and oxygen atoms in total. The van der Waals surface area contributed by atoms with Crippen LogP contribution in [-0.2, 0) is 27.0 Å². The zero-order valence-electron chi connectivity index (χ0n) is 10.5. The molecule has 0 heterocycles. The molecule has 0 saturated carbocycles. The van der Waals surface area contributed by atoms with Crippen molar-refractivity contribution in [1.29, 1.82) is 0 Å². The molecule has 0 saturated heterocycles. The first kappa shape index (κ1) is 19.1. The lowest BCUT2D eigenvalue weighted by atomic mass is 9.93. The van der Waals surface area contributed by atoms with Gasteiger partial charge in [-0.1, -0.05) is 0 Å². The Morgan fingerprint density at radius 2 is 1.42 bits per heavy atom. The maximum atomic E-state index is 11.5. The van der Waals surface area contributed by atoms with Crippen LogP contribution in [-0.4, -0.2) is 60.9 Å². The van der Waals surface area contributed by atoms with E-state index in [-0.39, 0.29) is 0 Å². The fraction of sp³-hybridized carbons (Fsp3) is 1.00. The maximum Gasteiger partial charge on any atom is 0.483 e. The summed E-state index contributed by atoms with van der Waals surface area (Å²) >= 11 is 0. The Morgan fingerprint density at radius 3 is 1.74 bits per heavy atom. The molecule has 12 heteroatoms. The number of aliphatic hydroxyl groups is 3. The summed E-state index contributed by atoms with van der Waals surface area (Å²) < 4.78 is 40.2. The highest BCUT2D eigenvalue weighted by Gasteiger charge is 2.39. The fourth-order valence-electron chi connectivity index (χ4n) is 0.797. The topological polar surface area (TPSA) is 152 Å². The molecule has 0 aromatic carbocycles. The molecule has 0 radical (unpaired) electrons. The molecular formula is C7H18O10P2. The number of rotatable bonds is 10. The van der Waals surface area contributed by atoms with Crippen LogP contribution in [0.5, 0.6) is 0 Å². The van der Waals surface area contributed by atoms with Gasteiger partial charge in [0, 0.05) is 14.2 Å². The molecule has 0 aromatic heterocycles. The molecular weight excluding hydrogens is 306 g/mol. The third-order valence-electron chi connectivity index (χ3n) is 2.19. The van der Waals surface area contributed by atoms with Crippen LogP contribution in [0.15, 0.2) is 0 Å². The van der Waals surface area contributed by atoms with Crippen LogP contribution in [0, 0.1) is 5.41 Å². The van der Waals surface area contributed by atoms with Gasteiger partial charge in [0.25, 0.3) is 0 Å². The van der Waals surface area contributed by atoms with E-state index in [0.717, 1.165) is 14.2 Å². The largest absolute Gasteiger partial charge is 0.483 e. The number of aliphatic hydroxyl groups excluding tert-OH is 3. The number of hydrogen-bond donors (Lipinski definition) is 4. The van der Waals surface area contributed by atoms with Crippen molar-refractivity contribution in [2.24, 2.45) is 5.41 Å². The van der Waals surface area contributed by atoms with Crippen LogP contribution in [0.3, 0.4) is 0 Å².